The Morgan fingerprint density at radius 3 is 1.73 bits per heavy atom. The molecule has 0 fully saturated rings. The van der Waals surface area contributed by atoms with Crippen molar-refractivity contribution in [2.45, 2.75) is 6.92 Å². The van der Waals surface area contributed by atoms with E-state index in [1.807, 2.05) is 37.3 Å². The molecule has 0 atom stereocenters. The van der Waals surface area contributed by atoms with Crippen LogP contribution < -0.4 is 5.73 Å². The normalized spacial score (nSPS) is 8.87. The molecule has 2 nitrogen and oxygen atoms in total. The number of rotatable bonds is 0. The monoisotopic (exact) mass is 201 g/mol. The number of phenols is 1. The van der Waals surface area contributed by atoms with Crippen LogP contribution in [0.25, 0.3) is 0 Å². The average Bonchev–Trinajstić information content (AvgIpc) is 2.25. The molecular weight excluding hydrogens is 186 g/mol. The van der Waals surface area contributed by atoms with Gasteiger partial charge >= 0.3 is 0 Å². The van der Waals surface area contributed by atoms with E-state index < -0.39 is 0 Å². The summed E-state index contributed by atoms with van der Waals surface area (Å²) >= 11 is 0. The van der Waals surface area contributed by atoms with E-state index in [1.54, 1.807) is 24.3 Å². The van der Waals surface area contributed by atoms with Gasteiger partial charge in [0.25, 0.3) is 0 Å². The van der Waals surface area contributed by atoms with Crippen molar-refractivity contribution in [2.75, 3.05) is 5.73 Å². The Labute approximate surface area is 90.0 Å². The van der Waals surface area contributed by atoms with Crippen LogP contribution in [0.15, 0.2) is 54.6 Å². The summed E-state index contributed by atoms with van der Waals surface area (Å²) < 4.78 is 0. The number of hydrogen-bond acceptors (Lipinski definition) is 2. The van der Waals surface area contributed by atoms with Gasteiger partial charge < -0.3 is 10.8 Å². The van der Waals surface area contributed by atoms with E-state index in [-0.39, 0.29) is 0 Å². The number of aromatic hydroxyl groups is 1. The highest BCUT2D eigenvalue weighted by Gasteiger charge is 1.80. The first-order valence-corrected chi connectivity index (χ1v) is 4.74. The molecule has 0 spiro atoms. The average molecular weight is 201 g/mol. The number of para-hydroxylation sites is 1. The van der Waals surface area contributed by atoms with Crippen LogP contribution in [-0.4, -0.2) is 5.11 Å². The number of benzene rings is 2. The van der Waals surface area contributed by atoms with Crippen LogP contribution in [-0.2, 0) is 0 Å². The van der Waals surface area contributed by atoms with E-state index in [4.69, 9.17) is 10.8 Å². The lowest BCUT2D eigenvalue weighted by atomic mass is 10.2. The standard InChI is InChI=1S/C7H9N.C6H6O/c1-6-2-4-7(8)5-3-6;7-6-4-2-1-3-5-6/h2-5H,8H2,1H3;1-5,7H. The van der Waals surface area contributed by atoms with Gasteiger partial charge in [-0.25, -0.2) is 0 Å². The Hall–Kier alpha value is -1.96. The predicted molar refractivity (Wildman–Crippen MR) is 63.7 cm³/mol. The highest BCUT2D eigenvalue weighted by molar-refractivity contribution is 5.38. The molecule has 2 aromatic carbocycles. The molecule has 0 unspecified atom stereocenters. The molecular formula is C13H15NO. The molecule has 0 aromatic heterocycles. The quantitative estimate of drug-likeness (QED) is 0.644. The summed E-state index contributed by atoms with van der Waals surface area (Å²) in [6, 6.07) is 16.5. The summed E-state index contributed by atoms with van der Waals surface area (Å²) in [4.78, 5) is 0. The van der Waals surface area contributed by atoms with Crippen molar-refractivity contribution in [2.24, 2.45) is 0 Å². The third-order valence-electron chi connectivity index (χ3n) is 1.83. The van der Waals surface area contributed by atoms with Crippen LogP contribution in [0, 0.1) is 6.92 Å². The van der Waals surface area contributed by atoms with Gasteiger partial charge in [-0.3, -0.25) is 0 Å². The summed E-state index contributed by atoms with van der Waals surface area (Å²) in [7, 11) is 0. The molecule has 0 aliphatic rings. The lowest BCUT2D eigenvalue weighted by molar-refractivity contribution is 0.475. The minimum atomic E-state index is 0.322. The van der Waals surface area contributed by atoms with Gasteiger partial charge in [0.1, 0.15) is 5.75 Å². The molecule has 2 heteroatoms. The molecule has 15 heavy (non-hydrogen) atoms. The molecule has 0 saturated heterocycles. The fraction of sp³-hybridized carbons (Fsp3) is 0.0769. The zero-order chi connectivity index (χ0) is 11.1. The first-order chi connectivity index (χ1) is 7.18. The zero-order valence-electron chi connectivity index (χ0n) is 8.72. The fourth-order valence-corrected chi connectivity index (χ4v) is 0.994. The molecule has 0 aliphatic carbocycles. The second-order valence-electron chi connectivity index (χ2n) is 3.25. The largest absolute Gasteiger partial charge is 0.508 e. The fourth-order valence-electron chi connectivity index (χ4n) is 0.994. The minimum absolute atomic E-state index is 0.322. The van der Waals surface area contributed by atoms with Crippen molar-refractivity contribution < 1.29 is 5.11 Å². The van der Waals surface area contributed by atoms with Crippen LogP contribution in [0.4, 0.5) is 5.69 Å². The molecule has 0 bridgehead atoms. The van der Waals surface area contributed by atoms with Gasteiger partial charge in [0.05, 0.1) is 0 Å². The number of anilines is 1. The molecule has 0 radical (unpaired) electrons. The van der Waals surface area contributed by atoms with Crippen molar-refractivity contribution in [3.63, 3.8) is 0 Å². The van der Waals surface area contributed by atoms with Gasteiger partial charge in [0.15, 0.2) is 0 Å². The van der Waals surface area contributed by atoms with Gasteiger partial charge in [0.2, 0.25) is 0 Å². The van der Waals surface area contributed by atoms with Crippen molar-refractivity contribution in [3.05, 3.63) is 60.2 Å². The molecule has 0 aliphatic heterocycles. The summed E-state index contributed by atoms with van der Waals surface area (Å²) in [6.45, 7) is 2.04. The molecule has 3 N–H and O–H groups in total. The van der Waals surface area contributed by atoms with E-state index in [2.05, 4.69) is 0 Å². The van der Waals surface area contributed by atoms with E-state index in [0.29, 0.717) is 5.75 Å². The van der Waals surface area contributed by atoms with Crippen molar-refractivity contribution in [1.82, 2.24) is 0 Å². The van der Waals surface area contributed by atoms with Crippen LogP contribution >= 0.6 is 0 Å². The number of nitrogen functional groups attached to an aromatic ring is 1. The molecule has 2 aromatic rings. The second-order valence-corrected chi connectivity index (χ2v) is 3.25. The Kier molecular flexibility index (Phi) is 4.23. The first-order valence-electron chi connectivity index (χ1n) is 4.74. The third-order valence-corrected chi connectivity index (χ3v) is 1.83. The molecule has 2 rings (SSSR count). The van der Waals surface area contributed by atoms with Gasteiger partial charge in [-0.15, -0.1) is 0 Å². The number of hydrogen-bond donors (Lipinski definition) is 2. The van der Waals surface area contributed by atoms with Crippen molar-refractivity contribution >= 4 is 5.69 Å². The minimum Gasteiger partial charge on any atom is -0.508 e. The molecule has 78 valence electrons. The van der Waals surface area contributed by atoms with Gasteiger partial charge in [-0.05, 0) is 31.2 Å². The Balaban J connectivity index is 0.000000151. The maximum atomic E-state index is 8.63. The van der Waals surface area contributed by atoms with Gasteiger partial charge in [-0.1, -0.05) is 35.9 Å². The van der Waals surface area contributed by atoms with Crippen LogP contribution in [0.3, 0.4) is 0 Å². The second kappa shape index (κ2) is 5.70. The number of aryl methyl sites for hydroxylation is 1. The predicted octanol–water partition coefficient (Wildman–Crippen LogP) is 2.97. The molecule has 0 heterocycles. The topological polar surface area (TPSA) is 46.2 Å². The Morgan fingerprint density at radius 2 is 1.40 bits per heavy atom. The summed E-state index contributed by atoms with van der Waals surface area (Å²) in [5.41, 5.74) is 7.51. The third kappa shape index (κ3) is 4.72. The van der Waals surface area contributed by atoms with Crippen molar-refractivity contribution in [1.29, 1.82) is 0 Å². The number of nitrogens with two attached hydrogens (primary N) is 1. The van der Waals surface area contributed by atoms with E-state index in [0.717, 1.165) is 5.69 Å². The molecule has 0 saturated carbocycles. The van der Waals surface area contributed by atoms with Crippen LogP contribution in [0.1, 0.15) is 5.56 Å². The zero-order valence-corrected chi connectivity index (χ0v) is 8.72. The summed E-state index contributed by atoms with van der Waals surface area (Å²) in [5.74, 6) is 0.322. The first kappa shape index (κ1) is 11.1. The maximum Gasteiger partial charge on any atom is 0.115 e. The summed E-state index contributed by atoms with van der Waals surface area (Å²) in [6.07, 6.45) is 0. The van der Waals surface area contributed by atoms with Gasteiger partial charge in [0, 0.05) is 5.69 Å². The van der Waals surface area contributed by atoms with E-state index in [1.165, 1.54) is 5.56 Å². The van der Waals surface area contributed by atoms with E-state index >= 15 is 0 Å². The SMILES string of the molecule is Cc1ccc(N)cc1.Oc1ccccc1. The Bertz CT molecular complexity index is 360. The van der Waals surface area contributed by atoms with E-state index in [9.17, 15) is 0 Å². The Morgan fingerprint density at radius 1 is 0.867 bits per heavy atom. The lowest BCUT2D eigenvalue weighted by Gasteiger charge is -1.90. The highest BCUT2D eigenvalue weighted by atomic mass is 16.3. The summed E-state index contributed by atoms with van der Waals surface area (Å²) in [5, 5.41) is 8.63. The lowest BCUT2D eigenvalue weighted by Crippen LogP contribution is -1.81. The van der Waals surface area contributed by atoms with Crippen molar-refractivity contribution in [3.8, 4) is 5.75 Å². The maximum absolute atomic E-state index is 8.63. The number of phenolic OH excluding ortho intramolecular Hbond substituents is 1. The van der Waals surface area contributed by atoms with Gasteiger partial charge in [-0.2, -0.15) is 0 Å². The van der Waals surface area contributed by atoms with Crippen LogP contribution in [0.2, 0.25) is 0 Å². The smallest absolute Gasteiger partial charge is 0.115 e. The molecule has 0 amide bonds. The highest BCUT2D eigenvalue weighted by Crippen LogP contribution is 2.03. The van der Waals surface area contributed by atoms with Crippen LogP contribution in [0.5, 0.6) is 5.75 Å².